The van der Waals surface area contributed by atoms with Gasteiger partial charge in [-0.25, -0.2) is 8.78 Å². The number of halogens is 3. The lowest BCUT2D eigenvalue weighted by molar-refractivity contribution is 0.510. The van der Waals surface area contributed by atoms with Crippen LogP contribution in [0, 0.1) is 11.6 Å². The monoisotopic (exact) mass is 215 g/mol. The van der Waals surface area contributed by atoms with E-state index in [1.807, 2.05) is 0 Å². The predicted molar refractivity (Wildman–Crippen MR) is 49.5 cm³/mol. The number of aromatic nitrogens is 1. The van der Waals surface area contributed by atoms with Crippen molar-refractivity contribution in [3.8, 4) is 0 Å². The maximum atomic E-state index is 12.8. The summed E-state index contributed by atoms with van der Waals surface area (Å²) in [4.78, 5) is 13.9. The topological polar surface area (TPSA) is 32.9 Å². The van der Waals surface area contributed by atoms with Gasteiger partial charge in [0.05, 0.1) is 10.9 Å². The van der Waals surface area contributed by atoms with E-state index in [9.17, 15) is 13.6 Å². The van der Waals surface area contributed by atoms with E-state index >= 15 is 0 Å². The third-order valence-corrected chi connectivity index (χ3v) is 2.16. The third kappa shape index (κ3) is 1.28. The Hall–Kier alpha value is -1.42. The van der Waals surface area contributed by atoms with Gasteiger partial charge < -0.3 is 4.98 Å². The summed E-state index contributed by atoms with van der Waals surface area (Å²) in [5.41, 5.74) is -0.294. The fourth-order valence-corrected chi connectivity index (χ4v) is 1.35. The molecule has 0 bridgehead atoms. The number of benzene rings is 1. The molecule has 1 aromatic carbocycles. The predicted octanol–water partition coefficient (Wildman–Crippen LogP) is 2.46. The van der Waals surface area contributed by atoms with Crippen LogP contribution < -0.4 is 5.43 Å². The molecule has 0 radical (unpaired) electrons. The van der Waals surface area contributed by atoms with Crippen LogP contribution in [-0.4, -0.2) is 4.98 Å². The quantitative estimate of drug-likeness (QED) is 0.720. The third-order valence-electron chi connectivity index (χ3n) is 1.88. The van der Waals surface area contributed by atoms with Crippen molar-refractivity contribution >= 4 is 22.5 Å². The number of hydrogen-bond donors (Lipinski definition) is 1. The van der Waals surface area contributed by atoms with Gasteiger partial charge in [0.2, 0.25) is 5.43 Å². The van der Waals surface area contributed by atoms with E-state index in [1.54, 1.807) is 0 Å². The molecule has 1 N–H and O–H groups in total. The summed E-state index contributed by atoms with van der Waals surface area (Å²) in [7, 11) is 0. The second-order valence-corrected chi connectivity index (χ2v) is 3.18. The molecule has 0 unspecified atom stereocenters. The molecule has 0 spiro atoms. The summed E-state index contributed by atoms with van der Waals surface area (Å²) in [5.74, 6) is -2.07. The van der Waals surface area contributed by atoms with Crippen molar-refractivity contribution in [2.75, 3.05) is 0 Å². The van der Waals surface area contributed by atoms with Gasteiger partial charge in [-0.15, -0.1) is 0 Å². The van der Waals surface area contributed by atoms with Crippen molar-refractivity contribution in [3.63, 3.8) is 0 Å². The average molecular weight is 216 g/mol. The number of rotatable bonds is 0. The molecule has 1 aromatic heterocycles. The first-order chi connectivity index (χ1) is 6.59. The Kier molecular flexibility index (Phi) is 2.00. The largest absolute Gasteiger partial charge is 0.359 e. The normalized spacial score (nSPS) is 10.8. The Morgan fingerprint density at radius 1 is 1.21 bits per heavy atom. The SMILES string of the molecule is O=c1c(Cl)c[nH]c2cc(F)c(F)cc12. The molecule has 0 aliphatic heterocycles. The highest BCUT2D eigenvalue weighted by atomic mass is 35.5. The van der Waals surface area contributed by atoms with E-state index in [-0.39, 0.29) is 15.9 Å². The van der Waals surface area contributed by atoms with Crippen LogP contribution in [0.15, 0.2) is 23.1 Å². The summed E-state index contributed by atoms with van der Waals surface area (Å²) in [6.07, 6.45) is 1.24. The van der Waals surface area contributed by atoms with Gasteiger partial charge in [-0.05, 0) is 6.07 Å². The number of nitrogens with one attached hydrogen (secondary N) is 1. The lowest BCUT2D eigenvalue weighted by Crippen LogP contribution is -2.04. The first-order valence-electron chi connectivity index (χ1n) is 3.75. The molecule has 0 fully saturated rings. The van der Waals surface area contributed by atoms with E-state index < -0.39 is 17.1 Å². The van der Waals surface area contributed by atoms with E-state index in [4.69, 9.17) is 11.6 Å². The van der Waals surface area contributed by atoms with Gasteiger partial charge in [0, 0.05) is 12.3 Å². The van der Waals surface area contributed by atoms with Crippen LogP contribution in [0.1, 0.15) is 0 Å². The molecule has 2 rings (SSSR count). The summed E-state index contributed by atoms with van der Waals surface area (Å²) in [5, 5.41) is -0.0140. The molecule has 0 saturated heterocycles. The van der Waals surface area contributed by atoms with Gasteiger partial charge in [0.25, 0.3) is 0 Å². The zero-order valence-corrected chi connectivity index (χ0v) is 7.53. The molecule has 0 amide bonds. The Balaban J connectivity index is 2.97. The minimum absolute atomic E-state index is 0.0383. The molecule has 2 aromatic rings. The summed E-state index contributed by atoms with van der Waals surface area (Å²) in [6, 6.07) is 1.75. The molecular formula is C9H4ClF2NO. The van der Waals surface area contributed by atoms with Gasteiger partial charge in [0.1, 0.15) is 5.02 Å². The molecule has 0 saturated carbocycles. The lowest BCUT2D eigenvalue weighted by Gasteiger charge is -1.99. The molecule has 72 valence electrons. The van der Waals surface area contributed by atoms with Crippen molar-refractivity contribution in [1.82, 2.24) is 4.98 Å². The number of aromatic amines is 1. The minimum atomic E-state index is -1.06. The van der Waals surface area contributed by atoms with Crippen molar-refractivity contribution in [2.45, 2.75) is 0 Å². The Morgan fingerprint density at radius 2 is 1.86 bits per heavy atom. The minimum Gasteiger partial charge on any atom is -0.359 e. The average Bonchev–Trinajstić information content (AvgIpc) is 2.15. The zero-order valence-electron chi connectivity index (χ0n) is 6.77. The maximum absolute atomic E-state index is 12.8. The molecule has 5 heteroatoms. The Labute approximate surface area is 82.1 Å². The molecule has 0 aliphatic carbocycles. The number of fused-ring (bicyclic) bond motifs is 1. The van der Waals surface area contributed by atoms with Crippen molar-refractivity contribution in [2.24, 2.45) is 0 Å². The zero-order chi connectivity index (χ0) is 10.3. The second kappa shape index (κ2) is 3.06. The van der Waals surface area contributed by atoms with Crippen molar-refractivity contribution < 1.29 is 8.78 Å². The van der Waals surface area contributed by atoms with Crippen LogP contribution in [0.3, 0.4) is 0 Å². The Bertz CT molecular complexity index is 564. The molecule has 0 aliphatic rings. The van der Waals surface area contributed by atoms with Crippen molar-refractivity contribution in [3.05, 3.63) is 45.2 Å². The molecular weight excluding hydrogens is 212 g/mol. The fourth-order valence-electron chi connectivity index (χ4n) is 1.19. The first-order valence-corrected chi connectivity index (χ1v) is 4.13. The molecule has 14 heavy (non-hydrogen) atoms. The van der Waals surface area contributed by atoms with Crippen LogP contribution in [0.2, 0.25) is 5.02 Å². The lowest BCUT2D eigenvalue weighted by atomic mass is 10.2. The van der Waals surface area contributed by atoms with Gasteiger partial charge in [0.15, 0.2) is 11.6 Å². The Morgan fingerprint density at radius 3 is 2.57 bits per heavy atom. The van der Waals surface area contributed by atoms with Gasteiger partial charge in [-0.1, -0.05) is 11.6 Å². The summed E-state index contributed by atoms with van der Waals surface area (Å²) < 4.78 is 25.5. The van der Waals surface area contributed by atoms with Crippen LogP contribution in [0.5, 0.6) is 0 Å². The standard InChI is InChI=1S/C9H4ClF2NO/c10-5-3-13-8-2-7(12)6(11)1-4(8)9(5)14/h1-3H,(H,13,14). The maximum Gasteiger partial charge on any atom is 0.208 e. The number of pyridine rings is 1. The van der Waals surface area contributed by atoms with E-state index in [2.05, 4.69) is 4.98 Å². The number of hydrogen-bond acceptors (Lipinski definition) is 1. The van der Waals surface area contributed by atoms with Crippen LogP contribution in [0.4, 0.5) is 8.78 Å². The second-order valence-electron chi connectivity index (χ2n) is 2.78. The first kappa shape index (κ1) is 9.15. The molecule has 2 nitrogen and oxygen atoms in total. The van der Waals surface area contributed by atoms with E-state index in [0.717, 1.165) is 12.1 Å². The molecule has 1 heterocycles. The van der Waals surface area contributed by atoms with Crippen LogP contribution in [0.25, 0.3) is 10.9 Å². The van der Waals surface area contributed by atoms with Gasteiger partial charge >= 0.3 is 0 Å². The highest BCUT2D eigenvalue weighted by Crippen LogP contribution is 2.15. The van der Waals surface area contributed by atoms with Gasteiger partial charge in [-0.2, -0.15) is 0 Å². The van der Waals surface area contributed by atoms with E-state index in [1.165, 1.54) is 6.20 Å². The highest BCUT2D eigenvalue weighted by Gasteiger charge is 2.08. The smallest absolute Gasteiger partial charge is 0.208 e. The summed E-state index contributed by atoms with van der Waals surface area (Å²) in [6.45, 7) is 0. The highest BCUT2D eigenvalue weighted by molar-refractivity contribution is 6.30. The van der Waals surface area contributed by atoms with Crippen LogP contribution >= 0.6 is 11.6 Å². The van der Waals surface area contributed by atoms with E-state index in [0.29, 0.717) is 0 Å². The fraction of sp³-hybridized carbons (Fsp3) is 0. The van der Waals surface area contributed by atoms with Gasteiger partial charge in [-0.3, -0.25) is 4.79 Å². The van der Waals surface area contributed by atoms with Crippen LogP contribution in [-0.2, 0) is 0 Å². The molecule has 0 atom stereocenters. The summed E-state index contributed by atoms with van der Waals surface area (Å²) >= 11 is 5.52. The number of H-pyrrole nitrogens is 1. The van der Waals surface area contributed by atoms with Crippen molar-refractivity contribution in [1.29, 1.82) is 0 Å².